The lowest BCUT2D eigenvalue weighted by atomic mass is 10.0. The smallest absolute Gasteiger partial charge is 0.273 e. The van der Waals surface area contributed by atoms with Crippen molar-refractivity contribution >= 4 is 23.4 Å². The maximum Gasteiger partial charge on any atom is 0.273 e. The Labute approximate surface area is 107 Å². The molecule has 0 atom stereocenters. The van der Waals surface area contributed by atoms with Crippen molar-refractivity contribution in [3.8, 4) is 0 Å². The van der Waals surface area contributed by atoms with Crippen LogP contribution < -0.4 is 10.3 Å². The molecule has 1 amide bonds. The van der Waals surface area contributed by atoms with Gasteiger partial charge in [-0.05, 0) is 43.2 Å². The zero-order valence-corrected chi connectivity index (χ0v) is 11.1. The summed E-state index contributed by atoms with van der Waals surface area (Å²) in [5.41, 5.74) is 7.16. The third-order valence-electron chi connectivity index (χ3n) is 3.03. The Morgan fingerprint density at radius 2 is 2.00 bits per heavy atom. The van der Waals surface area contributed by atoms with Crippen LogP contribution in [0.4, 0.5) is 5.69 Å². The van der Waals surface area contributed by atoms with Crippen LogP contribution in [0.1, 0.15) is 18.1 Å². The van der Waals surface area contributed by atoms with E-state index in [2.05, 4.69) is 21.5 Å². The number of hydrogen-bond acceptors (Lipinski definition) is 3. The predicted octanol–water partition coefficient (Wildman–Crippen LogP) is 1.95. The number of hydrogen-bond donors (Lipinski definition) is 1. The fourth-order valence-corrected chi connectivity index (χ4v) is 1.84. The lowest BCUT2D eigenvalue weighted by Crippen LogP contribution is -2.12. The quantitative estimate of drug-likeness (QED) is 0.807. The van der Waals surface area contributed by atoms with Crippen molar-refractivity contribution in [2.45, 2.75) is 13.8 Å². The van der Waals surface area contributed by atoms with Gasteiger partial charge in [0.1, 0.15) is 0 Å². The topological polar surface area (TPSA) is 44.7 Å². The van der Waals surface area contributed by atoms with Crippen molar-refractivity contribution in [1.82, 2.24) is 5.43 Å². The monoisotopic (exact) mass is 243 g/mol. The van der Waals surface area contributed by atoms with Crippen molar-refractivity contribution in [3.05, 3.63) is 34.9 Å². The minimum Gasteiger partial charge on any atom is -0.378 e. The Morgan fingerprint density at radius 1 is 1.28 bits per heavy atom. The number of amides is 1. The summed E-state index contributed by atoms with van der Waals surface area (Å²) >= 11 is 0. The van der Waals surface area contributed by atoms with Gasteiger partial charge in [0.05, 0.1) is 11.3 Å². The molecule has 2 rings (SSSR count). The molecular formula is C14H17N3O. The van der Waals surface area contributed by atoms with Crippen LogP contribution in [-0.2, 0) is 4.79 Å². The Hall–Kier alpha value is -2.10. The number of hydrazone groups is 1. The third kappa shape index (κ3) is 2.27. The SMILES string of the molecule is CC1=NNC(=O)/C1=C/c1ccc(N(C)C)cc1C. The number of anilines is 1. The van der Waals surface area contributed by atoms with Crippen LogP contribution in [-0.4, -0.2) is 25.7 Å². The minimum atomic E-state index is -0.136. The maximum atomic E-state index is 11.6. The van der Waals surface area contributed by atoms with Gasteiger partial charge >= 0.3 is 0 Å². The predicted molar refractivity (Wildman–Crippen MR) is 74.7 cm³/mol. The summed E-state index contributed by atoms with van der Waals surface area (Å²) in [4.78, 5) is 13.6. The van der Waals surface area contributed by atoms with Crippen LogP contribution in [0, 0.1) is 6.92 Å². The van der Waals surface area contributed by atoms with E-state index in [0.29, 0.717) is 5.57 Å². The molecule has 1 aliphatic heterocycles. The highest BCUT2D eigenvalue weighted by molar-refractivity contribution is 6.26. The number of nitrogens with zero attached hydrogens (tertiary/aromatic N) is 2. The molecular weight excluding hydrogens is 226 g/mol. The second kappa shape index (κ2) is 4.64. The number of aryl methyl sites for hydroxylation is 1. The molecule has 1 aliphatic rings. The molecule has 0 spiro atoms. The Bertz CT molecular complexity index is 556. The second-order valence-corrected chi connectivity index (χ2v) is 4.63. The van der Waals surface area contributed by atoms with E-state index in [4.69, 9.17) is 0 Å². The van der Waals surface area contributed by atoms with Crippen LogP contribution >= 0.6 is 0 Å². The molecule has 1 aromatic carbocycles. The van der Waals surface area contributed by atoms with Gasteiger partial charge in [-0.2, -0.15) is 5.10 Å². The number of carbonyl (C=O) groups excluding carboxylic acids is 1. The average Bonchev–Trinajstić information content (AvgIpc) is 2.63. The van der Waals surface area contributed by atoms with Crippen molar-refractivity contribution in [2.75, 3.05) is 19.0 Å². The molecule has 0 saturated carbocycles. The van der Waals surface area contributed by atoms with Gasteiger partial charge in [-0.25, -0.2) is 5.43 Å². The van der Waals surface area contributed by atoms with Gasteiger partial charge in [0.25, 0.3) is 5.91 Å². The van der Waals surface area contributed by atoms with Crippen molar-refractivity contribution in [2.24, 2.45) is 5.10 Å². The first-order chi connectivity index (χ1) is 8.49. The maximum absolute atomic E-state index is 11.6. The summed E-state index contributed by atoms with van der Waals surface area (Å²) in [5, 5.41) is 3.91. The van der Waals surface area contributed by atoms with E-state index < -0.39 is 0 Å². The van der Waals surface area contributed by atoms with E-state index in [9.17, 15) is 4.79 Å². The van der Waals surface area contributed by atoms with Gasteiger partial charge in [-0.3, -0.25) is 4.79 Å². The largest absolute Gasteiger partial charge is 0.378 e. The first-order valence-corrected chi connectivity index (χ1v) is 5.83. The molecule has 0 aliphatic carbocycles. The number of nitrogens with one attached hydrogen (secondary N) is 1. The lowest BCUT2D eigenvalue weighted by molar-refractivity contribution is -0.116. The van der Waals surface area contributed by atoms with Gasteiger partial charge in [0, 0.05) is 19.8 Å². The highest BCUT2D eigenvalue weighted by Crippen LogP contribution is 2.20. The molecule has 1 heterocycles. The van der Waals surface area contributed by atoms with Gasteiger partial charge in [-0.15, -0.1) is 0 Å². The van der Waals surface area contributed by atoms with E-state index in [0.717, 1.165) is 22.5 Å². The molecule has 0 aromatic heterocycles. The fourth-order valence-electron chi connectivity index (χ4n) is 1.84. The average molecular weight is 243 g/mol. The van der Waals surface area contributed by atoms with Crippen LogP contribution in [0.2, 0.25) is 0 Å². The molecule has 0 fully saturated rings. The minimum absolute atomic E-state index is 0.136. The molecule has 4 nitrogen and oxygen atoms in total. The Morgan fingerprint density at radius 3 is 2.50 bits per heavy atom. The standard InChI is InChI=1S/C14H17N3O/c1-9-7-12(17(3)4)6-5-11(9)8-13-10(2)15-16-14(13)18/h5-8H,1-4H3,(H,16,18)/b13-8+. The first kappa shape index (κ1) is 12.4. The highest BCUT2D eigenvalue weighted by Gasteiger charge is 2.18. The zero-order chi connectivity index (χ0) is 13.3. The number of benzene rings is 1. The molecule has 0 bridgehead atoms. The molecule has 1 N–H and O–H groups in total. The zero-order valence-electron chi connectivity index (χ0n) is 11.1. The van der Waals surface area contributed by atoms with Crippen LogP contribution in [0.15, 0.2) is 28.9 Å². The summed E-state index contributed by atoms with van der Waals surface area (Å²) < 4.78 is 0. The second-order valence-electron chi connectivity index (χ2n) is 4.63. The van der Waals surface area contributed by atoms with Gasteiger partial charge in [0.15, 0.2) is 0 Å². The molecule has 1 aromatic rings. The summed E-state index contributed by atoms with van der Waals surface area (Å²) in [7, 11) is 4.02. The van der Waals surface area contributed by atoms with Crippen molar-refractivity contribution in [3.63, 3.8) is 0 Å². The Balaban J connectivity index is 2.38. The molecule has 18 heavy (non-hydrogen) atoms. The van der Waals surface area contributed by atoms with Crippen molar-refractivity contribution in [1.29, 1.82) is 0 Å². The summed E-state index contributed by atoms with van der Waals surface area (Å²) in [6, 6.07) is 6.17. The number of rotatable bonds is 2. The van der Waals surface area contributed by atoms with Gasteiger partial charge in [-0.1, -0.05) is 6.07 Å². The van der Waals surface area contributed by atoms with Crippen LogP contribution in [0.25, 0.3) is 6.08 Å². The van der Waals surface area contributed by atoms with E-state index >= 15 is 0 Å². The van der Waals surface area contributed by atoms with Crippen molar-refractivity contribution < 1.29 is 4.79 Å². The molecule has 0 saturated heterocycles. The van der Waals surface area contributed by atoms with Gasteiger partial charge < -0.3 is 4.90 Å². The molecule has 4 heteroatoms. The summed E-state index contributed by atoms with van der Waals surface area (Å²) in [6.07, 6.45) is 1.88. The summed E-state index contributed by atoms with van der Waals surface area (Å²) in [6.45, 7) is 3.87. The normalized spacial score (nSPS) is 16.8. The van der Waals surface area contributed by atoms with E-state index in [1.807, 2.05) is 46.2 Å². The third-order valence-corrected chi connectivity index (χ3v) is 3.03. The van der Waals surface area contributed by atoms with E-state index in [1.165, 1.54) is 0 Å². The highest BCUT2D eigenvalue weighted by atomic mass is 16.2. The van der Waals surface area contributed by atoms with Crippen LogP contribution in [0.3, 0.4) is 0 Å². The molecule has 0 radical (unpaired) electrons. The summed E-state index contributed by atoms with van der Waals surface area (Å²) in [5.74, 6) is -0.136. The molecule has 0 unspecified atom stereocenters. The molecule has 94 valence electrons. The van der Waals surface area contributed by atoms with Gasteiger partial charge in [0.2, 0.25) is 0 Å². The first-order valence-electron chi connectivity index (χ1n) is 5.83. The van der Waals surface area contributed by atoms with E-state index in [1.54, 1.807) is 0 Å². The van der Waals surface area contributed by atoms with E-state index in [-0.39, 0.29) is 5.91 Å². The lowest BCUT2D eigenvalue weighted by Gasteiger charge is -2.14. The fraction of sp³-hybridized carbons (Fsp3) is 0.286. The van der Waals surface area contributed by atoms with Crippen LogP contribution in [0.5, 0.6) is 0 Å². The number of carbonyl (C=O) groups is 1. The Kier molecular flexibility index (Phi) is 3.19.